The van der Waals surface area contributed by atoms with Gasteiger partial charge in [-0.2, -0.15) is 0 Å². The average Bonchev–Trinajstić information content (AvgIpc) is 3.15. The maximum Gasteiger partial charge on any atom is 0.170 e. The van der Waals surface area contributed by atoms with Gasteiger partial charge in [0.2, 0.25) is 0 Å². The van der Waals surface area contributed by atoms with E-state index in [1.54, 1.807) is 25.6 Å². The Hall–Kier alpha value is -1.63. The number of para-hydroxylation sites is 1. The molecule has 0 aliphatic carbocycles. The smallest absolute Gasteiger partial charge is 0.170 e. The van der Waals surface area contributed by atoms with Crippen molar-refractivity contribution >= 4 is 11.3 Å². The average molecular weight is 376 g/mol. The number of methoxy groups -OCH3 is 2. The summed E-state index contributed by atoms with van der Waals surface area (Å²) in [5, 5.41) is 6.41. The zero-order valence-corrected chi connectivity index (χ0v) is 16.8. The zero-order chi connectivity index (χ0) is 18.4. The summed E-state index contributed by atoms with van der Waals surface area (Å²) in [7, 11) is 5.37. The molecule has 1 saturated heterocycles. The molecule has 2 heterocycles. The van der Waals surface area contributed by atoms with Crippen LogP contribution in [-0.4, -0.2) is 50.8 Å². The van der Waals surface area contributed by atoms with Crippen LogP contribution in [0.3, 0.4) is 0 Å². The monoisotopic (exact) mass is 375 g/mol. The number of benzene rings is 1. The molecule has 0 spiro atoms. The second-order valence-corrected chi connectivity index (χ2v) is 7.65. The first-order valence-electron chi connectivity index (χ1n) is 9.28. The van der Waals surface area contributed by atoms with E-state index in [0.717, 1.165) is 46.8 Å². The number of ether oxygens (including phenoxy) is 2. The molecule has 0 amide bonds. The molecule has 0 atom stereocenters. The third kappa shape index (κ3) is 4.55. The van der Waals surface area contributed by atoms with Crippen LogP contribution in [-0.2, 0) is 6.54 Å². The summed E-state index contributed by atoms with van der Waals surface area (Å²) in [6.45, 7) is 4.40. The molecule has 0 bridgehead atoms. The van der Waals surface area contributed by atoms with Crippen molar-refractivity contribution in [3.63, 3.8) is 0 Å². The van der Waals surface area contributed by atoms with Gasteiger partial charge in [-0.3, -0.25) is 4.90 Å². The topological polar surface area (TPSA) is 46.6 Å². The summed E-state index contributed by atoms with van der Waals surface area (Å²) in [6, 6.07) is 5.93. The highest BCUT2D eigenvalue weighted by Gasteiger charge is 2.20. The minimum atomic E-state index is 0.741. The van der Waals surface area contributed by atoms with E-state index in [1.807, 2.05) is 25.2 Å². The molecule has 0 radical (unpaired) electrons. The molecule has 5 nitrogen and oxygen atoms in total. The normalized spacial score (nSPS) is 16.0. The lowest BCUT2D eigenvalue weighted by molar-refractivity contribution is 0.171. The Morgan fingerprint density at radius 2 is 2.04 bits per heavy atom. The minimum absolute atomic E-state index is 0.741. The Morgan fingerprint density at radius 1 is 1.23 bits per heavy atom. The molecule has 1 fully saturated rings. The van der Waals surface area contributed by atoms with E-state index in [1.165, 1.54) is 32.4 Å². The molecule has 1 aromatic heterocycles. The maximum absolute atomic E-state index is 5.55. The molecule has 1 N–H and O–H groups in total. The van der Waals surface area contributed by atoms with Crippen LogP contribution in [0.4, 0.5) is 0 Å². The molecule has 142 valence electrons. The van der Waals surface area contributed by atoms with Gasteiger partial charge in [0.25, 0.3) is 0 Å². The lowest BCUT2D eigenvalue weighted by atomic mass is 9.93. The van der Waals surface area contributed by atoms with Crippen LogP contribution < -0.4 is 14.8 Å². The van der Waals surface area contributed by atoms with E-state index < -0.39 is 0 Å². The van der Waals surface area contributed by atoms with Crippen LogP contribution >= 0.6 is 11.3 Å². The van der Waals surface area contributed by atoms with Crippen molar-refractivity contribution < 1.29 is 9.47 Å². The predicted molar refractivity (Wildman–Crippen MR) is 107 cm³/mol. The van der Waals surface area contributed by atoms with Crippen LogP contribution in [0.5, 0.6) is 11.5 Å². The summed E-state index contributed by atoms with van der Waals surface area (Å²) in [5.41, 5.74) is 2.14. The highest BCUT2D eigenvalue weighted by Crippen LogP contribution is 2.39. The first-order valence-corrected chi connectivity index (χ1v) is 10.2. The summed E-state index contributed by atoms with van der Waals surface area (Å²) < 4.78 is 11.0. The van der Waals surface area contributed by atoms with Crippen LogP contribution in [0.25, 0.3) is 10.6 Å². The predicted octanol–water partition coefficient (Wildman–Crippen LogP) is 3.65. The van der Waals surface area contributed by atoms with E-state index in [9.17, 15) is 0 Å². The molecule has 0 unspecified atom stereocenters. The van der Waals surface area contributed by atoms with E-state index in [2.05, 4.69) is 15.6 Å². The Kier molecular flexibility index (Phi) is 6.88. The van der Waals surface area contributed by atoms with Crippen molar-refractivity contribution in [2.24, 2.45) is 5.92 Å². The van der Waals surface area contributed by atoms with E-state index in [0.29, 0.717) is 0 Å². The van der Waals surface area contributed by atoms with Crippen LogP contribution in [0.2, 0.25) is 0 Å². The first-order chi connectivity index (χ1) is 12.7. The van der Waals surface area contributed by atoms with Gasteiger partial charge in [0.1, 0.15) is 5.01 Å². The van der Waals surface area contributed by atoms with Crippen LogP contribution in [0.1, 0.15) is 25.0 Å². The zero-order valence-electron chi connectivity index (χ0n) is 16.0. The number of rotatable bonds is 8. The largest absolute Gasteiger partial charge is 0.493 e. The van der Waals surface area contributed by atoms with Gasteiger partial charge in [0, 0.05) is 11.9 Å². The van der Waals surface area contributed by atoms with Crippen molar-refractivity contribution in [3.8, 4) is 22.1 Å². The summed E-state index contributed by atoms with van der Waals surface area (Å²) >= 11 is 1.67. The fourth-order valence-electron chi connectivity index (χ4n) is 3.57. The number of hydrogen-bond donors (Lipinski definition) is 1. The maximum atomic E-state index is 5.55. The van der Waals surface area contributed by atoms with Crippen molar-refractivity contribution in [1.29, 1.82) is 0 Å². The van der Waals surface area contributed by atoms with Gasteiger partial charge in [-0.25, -0.2) is 4.98 Å². The second kappa shape index (κ2) is 9.35. The third-order valence-corrected chi connectivity index (χ3v) is 6.00. The number of aromatic nitrogens is 1. The Balaban J connectivity index is 1.63. The molecule has 1 aromatic carbocycles. The lowest BCUT2D eigenvalue weighted by Crippen LogP contribution is -2.34. The molecule has 26 heavy (non-hydrogen) atoms. The third-order valence-electron chi connectivity index (χ3n) is 5.08. The van der Waals surface area contributed by atoms with Crippen molar-refractivity contribution in [2.45, 2.75) is 25.8 Å². The van der Waals surface area contributed by atoms with E-state index in [-0.39, 0.29) is 0 Å². The summed E-state index contributed by atoms with van der Waals surface area (Å²) in [5.74, 6) is 2.36. The van der Waals surface area contributed by atoms with Gasteiger partial charge in [-0.1, -0.05) is 6.07 Å². The lowest BCUT2D eigenvalue weighted by Gasteiger charge is -2.31. The number of nitrogens with zero attached hydrogens (tertiary/aromatic N) is 2. The van der Waals surface area contributed by atoms with Crippen LogP contribution in [0.15, 0.2) is 23.6 Å². The van der Waals surface area contributed by atoms with Gasteiger partial charge in [0.05, 0.1) is 25.5 Å². The standard InChI is InChI=1S/C20H29N3O2S/c1-21-10-7-15-8-11-23(12-9-15)13-16-14-26-20(22-16)17-5-4-6-18(24-2)19(17)25-3/h4-6,14-15,21H,7-13H2,1-3H3. The minimum Gasteiger partial charge on any atom is -0.493 e. The van der Waals surface area contributed by atoms with Crippen molar-refractivity contribution in [3.05, 3.63) is 29.3 Å². The van der Waals surface area contributed by atoms with Gasteiger partial charge in [0.15, 0.2) is 11.5 Å². The molecule has 2 aromatic rings. The number of nitrogens with one attached hydrogen (secondary N) is 1. The Labute approximate surface area is 160 Å². The number of likely N-dealkylation sites (tertiary alicyclic amines) is 1. The molecular weight excluding hydrogens is 346 g/mol. The fraction of sp³-hybridized carbons (Fsp3) is 0.550. The van der Waals surface area contributed by atoms with Crippen LogP contribution in [0, 0.1) is 5.92 Å². The van der Waals surface area contributed by atoms with E-state index >= 15 is 0 Å². The first kappa shape index (κ1) is 19.1. The number of thiazole rings is 1. The van der Waals surface area contributed by atoms with Crippen molar-refractivity contribution in [2.75, 3.05) is 40.9 Å². The number of hydrogen-bond acceptors (Lipinski definition) is 6. The van der Waals surface area contributed by atoms with Gasteiger partial charge in [-0.05, 0) is 64.0 Å². The van der Waals surface area contributed by atoms with Crippen molar-refractivity contribution in [1.82, 2.24) is 15.2 Å². The molecule has 0 saturated carbocycles. The van der Waals surface area contributed by atoms with Gasteiger partial charge >= 0.3 is 0 Å². The van der Waals surface area contributed by atoms with E-state index in [4.69, 9.17) is 14.5 Å². The summed E-state index contributed by atoms with van der Waals surface area (Å²) in [4.78, 5) is 7.38. The fourth-order valence-corrected chi connectivity index (χ4v) is 4.40. The highest BCUT2D eigenvalue weighted by molar-refractivity contribution is 7.13. The second-order valence-electron chi connectivity index (χ2n) is 6.80. The molecule has 6 heteroatoms. The summed E-state index contributed by atoms with van der Waals surface area (Å²) in [6.07, 6.45) is 3.88. The Morgan fingerprint density at radius 3 is 2.73 bits per heavy atom. The number of piperidine rings is 1. The molecule has 3 rings (SSSR count). The quantitative estimate of drug-likeness (QED) is 0.763. The highest BCUT2D eigenvalue weighted by atomic mass is 32.1. The van der Waals surface area contributed by atoms with Gasteiger partial charge in [-0.15, -0.1) is 11.3 Å². The SMILES string of the molecule is CNCCC1CCN(Cc2csc(-c3cccc(OC)c3OC)n2)CC1. The molecule has 1 aliphatic heterocycles. The van der Waals surface area contributed by atoms with Gasteiger partial charge < -0.3 is 14.8 Å². The molecular formula is C20H29N3O2S. The Bertz CT molecular complexity index is 696. The molecule has 1 aliphatic rings.